The number of aromatic hydroxyl groups is 1. The number of hydrogen-bond donors (Lipinski definition) is 1. The van der Waals surface area contributed by atoms with Gasteiger partial charge in [-0.2, -0.15) is 0 Å². The van der Waals surface area contributed by atoms with Crippen LogP contribution in [0.2, 0.25) is 0 Å². The molecular formula is C21H20FNO6. The van der Waals surface area contributed by atoms with Crippen molar-refractivity contribution in [2.24, 2.45) is 5.16 Å². The van der Waals surface area contributed by atoms with Crippen LogP contribution in [-0.4, -0.2) is 35.5 Å². The Bertz CT molecular complexity index is 1000. The minimum atomic E-state index is -0.693. The summed E-state index contributed by atoms with van der Waals surface area (Å²) in [5.41, 5.74) is 0.808. The van der Waals surface area contributed by atoms with E-state index in [9.17, 15) is 19.1 Å². The highest BCUT2D eigenvalue weighted by Crippen LogP contribution is 2.40. The number of oxime groups is 1. The van der Waals surface area contributed by atoms with Gasteiger partial charge in [0.2, 0.25) is 0 Å². The second kappa shape index (κ2) is 8.30. The topological polar surface area (TPSA) is 94.4 Å². The highest BCUT2D eigenvalue weighted by molar-refractivity contribution is 6.11. The molecule has 0 radical (unpaired) electrons. The van der Waals surface area contributed by atoms with E-state index in [4.69, 9.17) is 9.47 Å². The summed E-state index contributed by atoms with van der Waals surface area (Å²) in [6.07, 6.45) is -0.421. The van der Waals surface area contributed by atoms with Gasteiger partial charge >= 0.3 is 5.97 Å². The molecule has 0 fully saturated rings. The minimum Gasteiger partial charge on any atom is -0.507 e. The minimum absolute atomic E-state index is 0.0227. The van der Waals surface area contributed by atoms with Crippen molar-refractivity contribution >= 4 is 17.7 Å². The Hall–Kier alpha value is -3.42. The Morgan fingerprint density at radius 1 is 1.31 bits per heavy atom. The van der Waals surface area contributed by atoms with Crippen molar-refractivity contribution in [3.63, 3.8) is 0 Å². The second-order valence-electron chi connectivity index (χ2n) is 6.45. The summed E-state index contributed by atoms with van der Waals surface area (Å²) in [7, 11) is 0. The van der Waals surface area contributed by atoms with Crippen molar-refractivity contribution in [3.8, 4) is 11.5 Å². The van der Waals surface area contributed by atoms with Gasteiger partial charge in [0.15, 0.2) is 11.9 Å². The third-order valence-electron chi connectivity index (χ3n) is 4.42. The maximum absolute atomic E-state index is 14.0. The average molecular weight is 401 g/mol. The molecule has 0 aliphatic carbocycles. The van der Waals surface area contributed by atoms with Gasteiger partial charge in [-0.05, 0) is 42.8 Å². The van der Waals surface area contributed by atoms with Gasteiger partial charge in [0.1, 0.15) is 17.3 Å². The number of carbonyl (C=O) groups is 2. The van der Waals surface area contributed by atoms with Crippen LogP contribution >= 0.6 is 0 Å². The number of ether oxygens (including phenoxy) is 2. The molecule has 0 amide bonds. The standard InChI is InChI=1S/C21H20FNO6/c1-4-27-21(23-29-12(3)24)17-10-13-9-15(18(25)11(2)20(13)28-17)19(26)14-7-5-6-8-16(14)22/h5-9,17,25H,4,10H2,1-3H3. The number of phenols is 1. The summed E-state index contributed by atoms with van der Waals surface area (Å²) in [6.45, 7) is 4.82. The molecule has 3 rings (SSSR count). The molecule has 1 aliphatic heterocycles. The molecule has 29 heavy (non-hydrogen) atoms. The third kappa shape index (κ3) is 4.06. The third-order valence-corrected chi connectivity index (χ3v) is 4.42. The number of carbonyl (C=O) groups excluding carboxylic acids is 2. The molecule has 1 atom stereocenters. The molecule has 1 N–H and O–H groups in total. The van der Waals surface area contributed by atoms with Crippen molar-refractivity contribution in [2.45, 2.75) is 33.3 Å². The van der Waals surface area contributed by atoms with E-state index in [1.807, 2.05) is 0 Å². The summed E-state index contributed by atoms with van der Waals surface area (Å²) in [6, 6.07) is 7.05. The van der Waals surface area contributed by atoms with Crippen molar-refractivity contribution < 1.29 is 33.4 Å². The lowest BCUT2D eigenvalue weighted by atomic mass is 9.95. The molecule has 2 aromatic carbocycles. The zero-order valence-corrected chi connectivity index (χ0v) is 16.2. The van der Waals surface area contributed by atoms with Gasteiger partial charge in [-0.15, -0.1) is 0 Å². The van der Waals surface area contributed by atoms with E-state index in [0.29, 0.717) is 16.9 Å². The number of hydrogen-bond acceptors (Lipinski definition) is 7. The number of ketones is 1. The number of benzene rings is 2. The zero-order chi connectivity index (χ0) is 21.1. The Labute approximate surface area is 166 Å². The fraction of sp³-hybridized carbons (Fsp3) is 0.286. The molecule has 0 bridgehead atoms. The molecule has 1 aliphatic rings. The Morgan fingerprint density at radius 2 is 2.03 bits per heavy atom. The average Bonchev–Trinajstić information content (AvgIpc) is 3.12. The normalized spacial score (nSPS) is 15.4. The summed E-state index contributed by atoms with van der Waals surface area (Å²) < 4.78 is 25.3. The number of fused-ring (bicyclic) bond motifs is 1. The first-order chi connectivity index (χ1) is 13.8. The molecule has 152 valence electrons. The summed E-state index contributed by atoms with van der Waals surface area (Å²) >= 11 is 0. The molecule has 2 aromatic rings. The molecular weight excluding hydrogens is 381 g/mol. The molecule has 7 nitrogen and oxygen atoms in total. The number of halogens is 1. The van der Waals surface area contributed by atoms with Crippen LogP contribution in [0.5, 0.6) is 11.5 Å². The first-order valence-electron chi connectivity index (χ1n) is 9.03. The molecule has 0 saturated heterocycles. The van der Waals surface area contributed by atoms with E-state index in [1.165, 1.54) is 31.2 Å². The van der Waals surface area contributed by atoms with Crippen LogP contribution in [0, 0.1) is 12.7 Å². The molecule has 0 spiro atoms. The van der Waals surface area contributed by atoms with Crippen molar-refractivity contribution in [1.29, 1.82) is 0 Å². The van der Waals surface area contributed by atoms with Crippen LogP contribution in [0.4, 0.5) is 4.39 Å². The number of phenolic OH excluding ortho intramolecular Hbond substituents is 1. The Balaban J connectivity index is 1.96. The molecule has 0 aromatic heterocycles. The summed E-state index contributed by atoms with van der Waals surface area (Å²) in [5, 5.41) is 14.2. The zero-order valence-electron chi connectivity index (χ0n) is 16.2. The van der Waals surface area contributed by atoms with Gasteiger partial charge in [-0.1, -0.05) is 12.1 Å². The van der Waals surface area contributed by atoms with E-state index < -0.39 is 23.7 Å². The van der Waals surface area contributed by atoms with Crippen LogP contribution in [-0.2, 0) is 20.8 Å². The van der Waals surface area contributed by atoms with Crippen LogP contribution < -0.4 is 4.74 Å². The van der Waals surface area contributed by atoms with Gasteiger partial charge in [0, 0.05) is 18.9 Å². The molecule has 8 heteroatoms. The predicted molar refractivity (Wildman–Crippen MR) is 102 cm³/mol. The van der Waals surface area contributed by atoms with Gasteiger partial charge < -0.3 is 19.4 Å². The van der Waals surface area contributed by atoms with Crippen LogP contribution in [0.15, 0.2) is 35.5 Å². The summed E-state index contributed by atoms with van der Waals surface area (Å²) in [4.78, 5) is 28.5. The van der Waals surface area contributed by atoms with E-state index in [1.54, 1.807) is 19.9 Å². The maximum atomic E-state index is 14.0. The smallest absolute Gasteiger partial charge is 0.332 e. The van der Waals surface area contributed by atoms with E-state index in [0.717, 1.165) is 0 Å². The lowest BCUT2D eigenvalue weighted by Gasteiger charge is -2.14. The van der Waals surface area contributed by atoms with Crippen LogP contribution in [0.3, 0.4) is 0 Å². The van der Waals surface area contributed by atoms with E-state index >= 15 is 0 Å². The second-order valence-corrected chi connectivity index (χ2v) is 6.45. The van der Waals surface area contributed by atoms with Crippen LogP contribution in [0.25, 0.3) is 0 Å². The predicted octanol–water partition coefficient (Wildman–Crippen LogP) is 3.29. The highest BCUT2D eigenvalue weighted by atomic mass is 19.1. The lowest BCUT2D eigenvalue weighted by Crippen LogP contribution is -2.28. The molecule has 0 saturated carbocycles. The maximum Gasteiger partial charge on any atom is 0.332 e. The SMILES string of the molecule is CCOC(=NOC(C)=O)C1Cc2cc(C(=O)c3ccccc3F)c(O)c(C)c2O1. The van der Waals surface area contributed by atoms with E-state index in [2.05, 4.69) is 9.99 Å². The largest absolute Gasteiger partial charge is 0.507 e. The fourth-order valence-corrected chi connectivity index (χ4v) is 3.09. The van der Waals surface area contributed by atoms with Gasteiger partial charge in [-0.25, -0.2) is 9.18 Å². The van der Waals surface area contributed by atoms with Gasteiger partial charge in [0.05, 0.1) is 17.7 Å². The van der Waals surface area contributed by atoms with Crippen molar-refractivity contribution in [2.75, 3.05) is 6.61 Å². The fourth-order valence-electron chi connectivity index (χ4n) is 3.09. The quantitative estimate of drug-likeness (QED) is 0.272. The monoisotopic (exact) mass is 401 g/mol. The van der Waals surface area contributed by atoms with E-state index in [-0.39, 0.29) is 35.8 Å². The summed E-state index contributed by atoms with van der Waals surface area (Å²) in [5.74, 6) is -1.74. The van der Waals surface area contributed by atoms with Crippen LogP contribution in [0.1, 0.15) is 40.9 Å². The van der Waals surface area contributed by atoms with Gasteiger partial charge in [0.25, 0.3) is 5.90 Å². The van der Waals surface area contributed by atoms with Crippen molar-refractivity contribution in [3.05, 3.63) is 58.4 Å². The Morgan fingerprint density at radius 3 is 2.69 bits per heavy atom. The number of rotatable bonds is 5. The molecule has 1 unspecified atom stereocenters. The molecule has 1 heterocycles. The first-order valence-corrected chi connectivity index (χ1v) is 9.03. The Kier molecular flexibility index (Phi) is 5.81. The highest BCUT2D eigenvalue weighted by Gasteiger charge is 2.34. The lowest BCUT2D eigenvalue weighted by molar-refractivity contribution is -0.141. The van der Waals surface area contributed by atoms with Crippen molar-refractivity contribution in [1.82, 2.24) is 0 Å². The number of nitrogens with zero attached hydrogens (tertiary/aromatic N) is 1. The van der Waals surface area contributed by atoms with Gasteiger partial charge in [-0.3, -0.25) is 4.79 Å². The first kappa shape index (κ1) is 20.3.